The van der Waals surface area contributed by atoms with E-state index >= 15 is 0 Å². The number of hydrogen-bond donors (Lipinski definition) is 2. The molecule has 0 saturated carbocycles. The van der Waals surface area contributed by atoms with E-state index in [4.69, 9.17) is 17.0 Å². The summed E-state index contributed by atoms with van der Waals surface area (Å²) < 4.78 is 7.51. The number of rotatable bonds is 8. The summed E-state index contributed by atoms with van der Waals surface area (Å²) in [6.07, 6.45) is 3.64. The van der Waals surface area contributed by atoms with Gasteiger partial charge in [-0.2, -0.15) is 0 Å². The first-order valence-corrected chi connectivity index (χ1v) is 11.0. The number of carbonyl (C=O) groups excluding carboxylic acids is 1. The zero-order chi connectivity index (χ0) is 23.2. The quantitative estimate of drug-likeness (QED) is 0.383. The molecule has 1 amide bonds. The fourth-order valence-corrected chi connectivity index (χ4v) is 3.80. The normalized spacial score (nSPS) is 11.8. The highest BCUT2D eigenvalue weighted by Crippen LogP contribution is 2.19. The number of aromatic nitrogens is 3. The molecule has 0 fully saturated rings. The molecule has 4 aromatic rings. The van der Waals surface area contributed by atoms with Crippen LogP contribution in [-0.4, -0.2) is 20.4 Å². The van der Waals surface area contributed by atoms with Crippen molar-refractivity contribution in [3.63, 3.8) is 0 Å². The highest BCUT2D eigenvalue weighted by atomic mass is 32.1. The van der Waals surface area contributed by atoms with Crippen LogP contribution in [0, 0.1) is 4.77 Å². The van der Waals surface area contributed by atoms with Crippen molar-refractivity contribution in [1.29, 1.82) is 0 Å². The Bertz CT molecular complexity index is 1360. The molecule has 7 nitrogen and oxygen atoms in total. The number of ether oxygens (including phenoxy) is 1. The average molecular weight is 461 g/mol. The van der Waals surface area contributed by atoms with E-state index in [1.54, 1.807) is 30.6 Å². The van der Waals surface area contributed by atoms with Gasteiger partial charge in [-0.3, -0.25) is 19.1 Å². The van der Waals surface area contributed by atoms with Crippen LogP contribution >= 0.6 is 12.2 Å². The maximum absolute atomic E-state index is 12.7. The summed E-state index contributed by atoms with van der Waals surface area (Å²) in [4.78, 5) is 32.3. The number of amides is 1. The number of benzene rings is 2. The van der Waals surface area contributed by atoms with Crippen LogP contribution in [0.15, 0.2) is 77.9 Å². The second-order valence-electron chi connectivity index (χ2n) is 7.69. The molecule has 4 rings (SSSR count). The summed E-state index contributed by atoms with van der Waals surface area (Å²) in [7, 11) is 0. The molecule has 2 aromatic heterocycles. The van der Waals surface area contributed by atoms with Crippen LogP contribution < -0.4 is 15.6 Å². The lowest BCUT2D eigenvalue weighted by molar-refractivity contribution is -0.122. The number of hydrogen-bond acceptors (Lipinski definition) is 5. The maximum Gasteiger partial charge on any atom is 0.262 e. The monoisotopic (exact) mass is 460 g/mol. The van der Waals surface area contributed by atoms with Gasteiger partial charge in [0.2, 0.25) is 5.91 Å². The van der Waals surface area contributed by atoms with Crippen LogP contribution in [0.2, 0.25) is 0 Å². The van der Waals surface area contributed by atoms with E-state index in [1.165, 1.54) is 4.57 Å². The first-order chi connectivity index (χ1) is 16.0. The SMILES string of the molecule is CC(NC(=O)CCn1c(=S)[nH]c2ccccc2c1=O)c1ccc(OCc2cccnc2)cc1. The van der Waals surface area contributed by atoms with Crippen LogP contribution in [0.4, 0.5) is 0 Å². The minimum Gasteiger partial charge on any atom is -0.489 e. The van der Waals surface area contributed by atoms with Gasteiger partial charge in [-0.1, -0.05) is 30.3 Å². The van der Waals surface area contributed by atoms with E-state index in [0.29, 0.717) is 22.3 Å². The number of nitrogens with zero attached hydrogens (tertiary/aromatic N) is 2. The van der Waals surface area contributed by atoms with Gasteiger partial charge in [0.25, 0.3) is 5.56 Å². The highest BCUT2D eigenvalue weighted by Gasteiger charge is 2.12. The van der Waals surface area contributed by atoms with Crippen molar-refractivity contribution in [2.24, 2.45) is 0 Å². The predicted octanol–water partition coefficient (Wildman–Crippen LogP) is 4.30. The maximum atomic E-state index is 12.7. The number of H-pyrrole nitrogens is 1. The number of aromatic amines is 1. The predicted molar refractivity (Wildman–Crippen MR) is 130 cm³/mol. The zero-order valence-electron chi connectivity index (χ0n) is 18.2. The van der Waals surface area contributed by atoms with Gasteiger partial charge in [0.15, 0.2) is 4.77 Å². The molecular formula is C25H24N4O3S. The van der Waals surface area contributed by atoms with Gasteiger partial charge in [-0.15, -0.1) is 0 Å². The van der Waals surface area contributed by atoms with E-state index in [-0.39, 0.29) is 30.5 Å². The lowest BCUT2D eigenvalue weighted by atomic mass is 10.1. The van der Waals surface area contributed by atoms with Crippen molar-refractivity contribution >= 4 is 29.0 Å². The summed E-state index contributed by atoms with van der Waals surface area (Å²) in [5.74, 6) is 0.583. The lowest BCUT2D eigenvalue weighted by Crippen LogP contribution is -2.30. The molecule has 0 aliphatic rings. The fraction of sp³-hybridized carbons (Fsp3) is 0.200. The fourth-order valence-electron chi connectivity index (χ4n) is 3.52. The molecule has 0 bridgehead atoms. The number of fused-ring (bicyclic) bond motifs is 1. The van der Waals surface area contributed by atoms with Crippen molar-refractivity contribution in [2.45, 2.75) is 32.5 Å². The number of nitrogens with one attached hydrogen (secondary N) is 2. The molecule has 168 valence electrons. The Hall–Kier alpha value is -3.78. The molecule has 0 spiro atoms. The van der Waals surface area contributed by atoms with Gasteiger partial charge in [-0.25, -0.2) is 0 Å². The Kier molecular flexibility index (Phi) is 6.95. The van der Waals surface area contributed by atoms with Crippen molar-refractivity contribution < 1.29 is 9.53 Å². The second-order valence-corrected chi connectivity index (χ2v) is 8.08. The molecule has 0 aliphatic carbocycles. The molecule has 2 N–H and O–H groups in total. The Morgan fingerprint density at radius 3 is 2.70 bits per heavy atom. The molecule has 0 radical (unpaired) electrons. The highest BCUT2D eigenvalue weighted by molar-refractivity contribution is 7.71. The Balaban J connectivity index is 1.33. The molecule has 1 unspecified atom stereocenters. The van der Waals surface area contributed by atoms with E-state index in [9.17, 15) is 9.59 Å². The Labute approximate surface area is 196 Å². The molecule has 1 atom stereocenters. The van der Waals surface area contributed by atoms with Crippen molar-refractivity contribution in [2.75, 3.05) is 0 Å². The van der Waals surface area contributed by atoms with Crippen LogP contribution in [0.1, 0.15) is 30.5 Å². The van der Waals surface area contributed by atoms with Crippen LogP contribution in [-0.2, 0) is 17.9 Å². The topological polar surface area (TPSA) is 89.0 Å². The van der Waals surface area contributed by atoms with Gasteiger partial charge < -0.3 is 15.0 Å². The van der Waals surface area contributed by atoms with Crippen molar-refractivity contribution in [3.05, 3.63) is 99.3 Å². The third kappa shape index (κ3) is 5.53. The van der Waals surface area contributed by atoms with Crippen molar-refractivity contribution in [3.8, 4) is 5.75 Å². The zero-order valence-corrected chi connectivity index (χ0v) is 19.0. The van der Waals surface area contributed by atoms with Crippen LogP contribution in [0.3, 0.4) is 0 Å². The Morgan fingerprint density at radius 2 is 1.94 bits per heavy atom. The van der Waals surface area contributed by atoms with Gasteiger partial charge >= 0.3 is 0 Å². The second kappa shape index (κ2) is 10.2. The summed E-state index contributed by atoms with van der Waals surface area (Å²) in [6.45, 7) is 2.56. The number of para-hydroxylation sites is 1. The molecule has 2 aromatic carbocycles. The van der Waals surface area contributed by atoms with Gasteiger partial charge in [0, 0.05) is 30.9 Å². The third-order valence-corrected chi connectivity index (χ3v) is 5.66. The molecule has 2 heterocycles. The van der Waals surface area contributed by atoms with Crippen molar-refractivity contribution in [1.82, 2.24) is 19.9 Å². The number of pyridine rings is 1. The summed E-state index contributed by atoms with van der Waals surface area (Å²) in [5, 5.41) is 3.52. The first-order valence-electron chi connectivity index (χ1n) is 10.6. The molecular weight excluding hydrogens is 436 g/mol. The first kappa shape index (κ1) is 22.4. The van der Waals surface area contributed by atoms with Gasteiger partial charge in [-0.05, 0) is 55.0 Å². The average Bonchev–Trinajstić information content (AvgIpc) is 2.83. The van der Waals surface area contributed by atoms with E-state index in [2.05, 4.69) is 15.3 Å². The molecule has 0 saturated heterocycles. The van der Waals surface area contributed by atoms with Gasteiger partial charge in [0.05, 0.1) is 16.9 Å². The number of carbonyl (C=O) groups is 1. The van der Waals surface area contributed by atoms with E-state index in [1.807, 2.05) is 49.4 Å². The smallest absolute Gasteiger partial charge is 0.262 e. The Morgan fingerprint density at radius 1 is 1.15 bits per heavy atom. The molecule has 8 heteroatoms. The summed E-state index contributed by atoms with van der Waals surface area (Å²) in [6, 6.07) is 18.4. The van der Waals surface area contributed by atoms with Crippen LogP contribution in [0.25, 0.3) is 10.9 Å². The largest absolute Gasteiger partial charge is 0.489 e. The van der Waals surface area contributed by atoms with Gasteiger partial charge in [0.1, 0.15) is 12.4 Å². The van der Waals surface area contributed by atoms with E-state index < -0.39 is 0 Å². The summed E-state index contributed by atoms with van der Waals surface area (Å²) >= 11 is 5.31. The minimum absolute atomic E-state index is 0.145. The lowest BCUT2D eigenvalue weighted by Gasteiger charge is -2.15. The molecule has 0 aliphatic heterocycles. The van der Waals surface area contributed by atoms with E-state index in [0.717, 1.165) is 16.9 Å². The minimum atomic E-state index is -0.197. The summed E-state index contributed by atoms with van der Waals surface area (Å²) in [5.41, 5.74) is 2.44. The third-order valence-electron chi connectivity index (χ3n) is 5.34. The molecule has 33 heavy (non-hydrogen) atoms. The standard InChI is InChI=1S/C25H24N4O3S/c1-17(19-8-10-20(11-9-19)32-16-18-5-4-13-26-15-18)27-23(30)12-14-29-24(31)21-6-2-3-7-22(21)28-25(29)33/h2-11,13,15,17H,12,14,16H2,1H3,(H,27,30)(H,28,33). The van der Waals surface area contributed by atoms with Crippen LogP contribution in [0.5, 0.6) is 5.75 Å².